The van der Waals surface area contributed by atoms with Gasteiger partial charge in [-0.05, 0) is 46.4 Å². The van der Waals surface area contributed by atoms with E-state index in [-0.39, 0.29) is 30.6 Å². The fourth-order valence-corrected chi connectivity index (χ4v) is 6.58. The Morgan fingerprint density at radius 2 is 1.77 bits per heavy atom. The van der Waals surface area contributed by atoms with E-state index in [0.717, 1.165) is 6.07 Å². The van der Waals surface area contributed by atoms with Crippen LogP contribution in [0.5, 0.6) is 5.75 Å². The van der Waals surface area contributed by atoms with Crippen LogP contribution >= 0.6 is 0 Å². The number of rotatable bonds is 5. The van der Waals surface area contributed by atoms with Crippen LogP contribution in [0.25, 0.3) is 0 Å². The zero-order valence-electron chi connectivity index (χ0n) is 22.2. The minimum Gasteiger partial charge on any atom is -0.505 e. The Morgan fingerprint density at radius 3 is 2.31 bits per heavy atom. The zero-order valence-corrected chi connectivity index (χ0v) is 22.2. The topological polar surface area (TPSA) is 187 Å². The molecule has 0 aliphatic heterocycles. The van der Waals surface area contributed by atoms with Gasteiger partial charge < -0.3 is 26.2 Å². The minimum atomic E-state index is -2.90. The van der Waals surface area contributed by atoms with Gasteiger partial charge in [0.1, 0.15) is 11.6 Å². The lowest BCUT2D eigenvalue weighted by molar-refractivity contribution is -0.185. The van der Waals surface area contributed by atoms with Gasteiger partial charge in [0.05, 0.1) is 29.8 Å². The quantitative estimate of drug-likeness (QED) is 0.261. The minimum absolute atomic E-state index is 0.103. The van der Waals surface area contributed by atoms with Gasteiger partial charge in [-0.25, -0.2) is 4.39 Å². The predicted molar refractivity (Wildman–Crippen MR) is 133 cm³/mol. The number of phenolic OH excluding ortho intramolecular Hbond substituents is 1. The molecule has 3 aliphatic carbocycles. The smallest absolute Gasteiger partial charge is 0.238 e. The van der Waals surface area contributed by atoms with Crippen molar-refractivity contribution in [2.24, 2.45) is 28.9 Å². The maximum Gasteiger partial charge on any atom is 0.238 e. The van der Waals surface area contributed by atoms with E-state index in [1.165, 1.54) is 30.8 Å². The highest BCUT2D eigenvalue weighted by Crippen LogP contribution is 2.57. The van der Waals surface area contributed by atoms with Crippen LogP contribution < -0.4 is 11.1 Å². The fraction of sp³-hybridized carbons (Fsp3) is 0.538. The number of ketones is 4. The van der Waals surface area contributed by atoms with Gasteiger partial charge in [0.25, 0.3) is 0 Å². The highest BCUT2D eigenvalue weighted by atomic mass is 19.1. The van der Waals surface area contributed by atoms with Crippen molar-refractivity contribution < 1.29 is 43.4 Å². The Balaban J connectivity index is 1.86. The lowest BCUT2D eigenvalue weighted by Crippen LogP contribution is -2.75. The number of Topliss-reactive ketones (excluding diaryl/α,β-unsaturated/α-hetero) is 4. The molecule has 2 amide bonds. The van der Waals surface area contributed by atoms with Crippen LogP contribution in [0.1, 0.15) is 29.3 Å². The Kier molecular flexibility index (Phi) is 6.77. The van der Waals surface area contributed by atoms with E-state index >= 15 is 4.39 Å². The van der Waals surface area contributed by atoms with Crippen molar-refractivity contribution >= 4 is 40.6 Å². The third-order valence-electron chi connectivity index (χ3n) is 8.17. The number of phenols is 1. The second-order valence-corrected chi connectivity index (χ2v) is 11.5. The molecule has 4 rings (SSSR count). The lowest BCUT2D eigenvalue weighted by Gasteiger charge is -2.56. The number of nitrogens with one attached hydrogen (secondary N) is 1. The number of hydrogen-bond donors (Lipinski definition) is 4. The van der Waals surface area contributed by atoms with Gasteiger partial charge in [0.2, 0.25) is 11.8 Å². The van der Waals surface area contributed by atoms with Gasteiger partial charge in [-0.15, -0.1) is 0 Å². The first kappa shape index (κ1) is 28.5. The number of carbonyl (C=O) groups excluding carboxylic acids is 6. The summed E-state index contributed by atoms with van der Waals surface area (Å²) in [7, 11) is 6.18. The molecule has 2 saturated carbocycles. The first-order valence-electron chi connectivity index (χ1n) is 12.3. The van der Waals surface area contributed by atoms with Crippen LogP contribution in [-0.4, -0.2) is 101 Å². The summed E-state index contributed by atoms with van der Waals surface area (Å²) in [6.07, 6.45) is -0.470. The van der Waals surface area contributed by atoms with Crippen molar-refractivity contribution in [3.8, 4) is 5.75 Å². The molecule has 2 fully saturated rings. The molecule has 0 heterocycles. The Bertz CT molecular complexity index is 1340. The summed E-state index contributed by atoms with van der Waals surface area (Å²) in [6, 6.07) is -0.385. The summed E-state index contributed by atoms with van der Waals surface area (Å²) in [5.74, 6) is -13.3. The summed E-state index contributed by atoms with van der Waals surface area (Å²) >= 11 is 0. The molecule has 13 heteroatoms. The van der Waals surface area contributed by atoms with Gasteiger partial charge >= 0.3 is 0 Å². The van der Waals surface area contributed by atoms with Crippen molar-refractivity contribution in [3.05, 3.63) is 23.0 Å². The van der Waals surface area contributed by atoms with Crippen LogP contribution in [0.4, 0.5) is 10.1 Å². The van der Waals surface area contributed by atoms with Crippen molar-refractivity contribution in [1.82, 2.24) is 9.80 Å². The maximum absolute atomic E-state index is 15.4. The number of aromatic hydroxyl groups is 1. The predicted octanol–water partition coefficient (Wildman–Crippen LogP) is -1.10. The second-order valence-electron chi connectivity index (χ2n) is 11.5. The van der Waals surface area contributed by atoms with Gasteiger partial charge in [-0.1, -0.05) is 6.92 Å². The zero-order chi connectivity index (χ0) is 29.4. The number of primary amides is 1. The normalized spacial score (nSPS) is 32.1. The molecule has 3 aliphatic rings. The van der Waals surface area contributed by atoms with Crippen LogP contribution in [0.2, 0.25) is 0 Å². The van der Waals surface area contributed by atoms with Crippen LogP contribution in [-0.2, 0) is 30.4 Å². The molecular weight excluding hydrogens is 515 g/mol. The molecule has 0 bridgehead atoms. The van der Waals surface area contributed by atoms with Gasteiger partial charge in [0, 0.05) is 17.5 Å². The summed E-state index contributed by atoms with van der Waals surface area (Å²) in [4.78, 5) is 81.5. The number of likely N-dealkylation sites (N-methyl/N-ethyl adjacent to an activating group) is 2. The van der Waals surface area contributed by atoms with Crippen molar-refractivity contribution in [1.29, 1.82) is 0 Å². The van der Waals surface area contributed by atoms with E-state index in [2.05, 4.69) is 5.32 Å². The molecule has 39 heavy (non-hydrogen) atoms. The second kappa shape index (κ2) is 9.28. The molecule has 0 radical (unpaired) electrons. The number of halogens is 1. The van der Waals surface area contributed by atoms with Gasteiger partial charge in [0.15, 0.2) is 34.7 Å². The van der Waals surface area contributed by atoms with E-state index < -0.39 is 86.9 Å². The maximum atomic E-state index is 15.4. The number of carbonyl (C=O) groups is 6. The first-order chi connectivity index (χ1) is 18.0. The molecule has 6 atom stereocenters. The summed E-state index contributed by atoms with van der Waals surface area (Å²) in [6.45, 7) is 1.41. The van der Waals surface area contributed by atoms with Gasteiger partial charge in [-0.2, -0.15) is 0 Å². The number of hydrogen-bond acceptors (Lipinski definition) is 10. The monoisotopic (exact) mass is 546 g/mol. The van der Waals surface area contributed by atoms with Crippen molar-refractivity contribution in [2.45, 2.75) is 31.4 Å². The highest BCUT2D eigenvalue weighted by Gasteiger charge is 2.71. The highest BCUT2D eigenvalue weighted by molar-refractivity contribution is 6.32. The standard InChI is InChI=1S/C26H31FN4O8/c1-25-7-10-12(27)6-13(29-14(32)9-30(2)3)19(33)15(10)20(34)17(25)23(37)26(39)11(8-25)18(31(4)5)21(35)16(22(26)36)24(28)38/h6,11,16-18,33,39H,7-9H2,1-5H3,(H2,28,38)(H,29,32). The Hall–Kier alpha value is -3.55. The number of fused-ring (bicyclic) bond motifs is 3. The molecule has 1 aromatic rings. The third-order valence-corrected chi connectivity index (χ3v) is 8.17. The average molecular weight is 547 g/mol. The Morgan fingerprint density at radius 1 is 1.15 bits per heavy atom. The number of nitrogens with zero attached hydrogens (tertiary/aromatic N) is 2. The van der Waals surface area contributed by atoms with Crippen molar-refractivity contribution in [2.75, 3.05) is 40.1 Å². The van der Waals surface area contributed by atoms with E-state index in [9.17, 15) is 39.0 Å². The van der Waals surface area contributed by atoms with E-state index in [1.807, 2.05) is 0 Å². The average Bonchev–Trinajstić information content (AvgIpc) is 2.78. The van der Waals surface area contributed by atoms with Crippen LogP contribution in [0.3, 0.4) is 0 Å². The number of nitrogens with two attached hydrogens (primary N) is 1. The molecule has 0 saturated heterocycles. The molecule has 0 aromatic heterocycles. The summed E-state index contributed by atoms with van der Waals surface area (Å²) < 4.78 is 15.4. The molecule has 0 spiro atoms. The first-order valence-corrected chi connectivity index (χ1v) is 12.3. The molecule has 12 nitrogen and oxygen atoms in total. The summed E-state index contributed by atoms with van der Waals surface area (Å²) in [5, 5.41) is 24.9. The lowest BCUT2D eigenvalue weighted by atomic mass is 9.47. The third kappa shape index (κ3) is 4.07. The summed E-state index contributed by atoms with van der Waals surface area (Å²) in [5.41, 5.74) is -0.0496. The molecule has 210 valence electrons. The largest absolute Gasteiger partial charge is 0.505 e. The molecule has 6 unspecified atom stereocenters. The van der Waals surface area contributed by atoms with Crippen LogP contribution in [0, 0.1) is 29.0 Å². The fourth-order valence-electron chi connectivity index (χ4n) is 6.58. The SMILES string of the molecule is CN(C)CC(=O)Nc1cc(F)c2c(c1O)C(=O)C1C(=O)C3(O)C(=O)C(C(N)=O)C(=O)C(N(C)C)C3CC1(C)C2. The Labute approximate surface area is 223 Å². The van der Waals surface area contributed by atoms with E-state index in [0.29, 0.717) is 0 Å². The number of benzene rings is 1. The molecular formula is C26H31FN4O8. The number of aliphatic hydroxyl groups is 1. The van der Waals surface area contributed by atoms with E-state index in [1.54, 1.807) is 14.1 Å². The van der Waals surface area contributed by atoms with Crippen LogP contribution in [0.15, 0.2) is 6.07 Å². The number of anilines is 1. The number of amides is 2. The molecule has 1 aromatic carbocycles. The van der Waals surface area contributed by atoms with Gasteiger partial charge in [-0.3, -0.25) is 33.7 Å². The van der Waals surface area contributed by atoms with E-state index in [4.69, 9.17) is 5.73 Å². The molecule has 5 N–H and O–H groups in total. The van der Waals surface area contributed by atoms with Crippen molar-refractivity contribution in [3.63, 3.8) is 0 Å².